The summed E-state index contributed by atoms with van der Waals surface area (Å²) in [6.07, 6.45) is 2.81. The van der Waals surface area contributed by atoms with Gasteiger partial charge in [-0.25, -0.2) is 9.59 Å². The highest BCUT2D eigenvalue weighted by Crippen LogP contribution is 2.03. The first-order valence-electron chi connectivity index (χ1n) is 5.19. The standard InChI is InChI=1S/C10H20N2O3S/c1-5-8(6-16-4)11-10(15)12(3)7(2)9(13)14/h7-8H,5-6H2,1-4H3,(H,11,15)(H,13,14). The molecule has 0 radical (unpaired) electrons. The van der Waals surface area contributed by atoms with Crippen molar-refractivity contribution in [3.8, 4) is 0 Å². The molecule has 0 fully saturated rings. The maximum absolute atomic E-state index is 11.7. The van der Waals surface area contributed by atoms with Crippen LogP contribution in [-0.2, 0) is 4.79 Å². The number of carboxylic acids is 1. The van der Waals surface area contributed by atoms with Crippen LogP contribution in [0.4, 0.5) is 4.79 Å². The van der Waals surface area contributed by atoms with Crippen LogP contribution in [0.3, 0.4) is 0 Å². The molecule has 5 nitrogen and oxygen atoms in total. The number of urea groups is 1. The van der Waals surface area contributed by atoms with E-state index >= 15 is 0 Å². The molecule has 0 aliphatic rings. The Morgan fingerprint density at radius 2 is 2.06 bits per heavy atom. The van der Waals surface area contributed by atoms with Crippen molar-refractivity contribution in [2.45, 2.75) is 32.4 Å². The van der Waals surface area contributed by atoms with Crippen LogP contribution >= 0.6 is 11.8 Å². The van der Waals surface area contributed by atoms with Crippen molar-refractivity contribution >= 4 is 23.8 Å². The predicted octanol–water partition coefficient (Wildman–Crippen LogP) is 1.24. The number of likely N-dealkylation sites (N-methyl/N-ethyl adjacent to an activating group) is 1. The Hall–Kier alpha value is -0.910. The maximum Gasteiger partial charge on any atom is 0.326 e. The van der Waals surface area contributed by atoms with E-state index in [1.165, 1.54) is 18.9 Å². The topological polar surface area (TPSA) is 69.6 Å². The Morgan fingerprint density at radius 1 is 1.50 bits per heavy atom. The van der Waals surface area contributed by atoms with Crippen LogP contribution in [-0.4, -0.2) is 53.1 Å². The summed E-state index contributed by atoms with van der Waals surface area (Å²) in [7, 11) is 1.49. The molecule has 0 aromatic heterocycles. The highest BCUT2D eigenvalue weighted by atomic mass is 32.2. The lowest BCUT2D eigenvalue weighted by Crippen LogP contribution is -2.49. The van der Waals surface area contributed by atoms with E-state index in [2.05, 4.69) is 5.32 Å². The molecule has 0 aromatic carbocycles. The first-order valence-corrected chi connectivity index (χ1v) is 6.58. The van der Waals surface area contributed by atoms with Crippen molar-refractivity contribution < 1.29 is 14.7 Å². The average Bonchev–Trinajstić information content (AvgIpc) is 2.25. The lowest BCUT2D eigenvalue weighted by molar-refractivity contribution is -0.141. The second-order valence-electron chi connectivity index (χ2n) is 3.64. The lowest BCUT2D eigenvalue weighted by atomic mass is 10.2. The zero-order valence-corrected chi connectivity index (χ0v) is 11.0. The van der Waals surface area contributed by atoms with Crippen molar-refractivity contribution in [2.24, 2.45) is 0 Å². The molecule has 2 unspecified atom stereocenters. The number of hydrogen-bond acceptors (Lipinski definition) is 3. The number of rotatable bonds is 6. The number of carbonyl (C=O) groups is 2. The molecule has 0 rings (SSSR count). The molecule has 0 aromatic rings. The summed E-state index contributed by atoms with van der Waals surface area (Å²) in [5.41, 5.74) is 0. The number of amides is 2. The van der Waals surface area contributed by atoms with Crippen molar-refractivity contribution in [1.82, 2.24) is 10.2 Å². The van der Waals surface area contributed by atoms with Crippen molar-refractivity contribution in [2.75, 3.05) is 19.1 Å². The van der Waals surface area contributed by atoms with E-state index in [1.54, 1.807) is 11.8 Å². The first kappa shape index (κ1) is 15.1. The minimum atomic E-state index is -1.00. The monoisotopic (exact) mass is 248 g/mol. The van der Waals surface area contributed by atoms with E-state index in [-0.39, 0.29) is 12.1 Å². The van der Waals surface area contributed by atoms with Crippen LogP contribution in [0.1, 0.15) is 20.3 Å². The Kier molecular flexibility index (Phi) is 6.96. The SMILES string of the molecule is CCC(CSC)NC(=O)N(C)C(C)C(=O)O. The molecule has 16 heavy (non-hydrogen) atoms. The quantitative estimate of drug-likeness (QED) is 0.742. The third-order valence-electron chi connectivity index (χ3n) is 2.45. The molecule has 6 heteroatoms. The fourth-order valence-corrected chi connectivity index (χ4v) is 1.80. The molecule has 0 saturated heterocycles. The second kappa shape index (κ2) is 7.38. The summed E-state index contributed by atoms with van der Waals surface area (Å²) < 4.78 is 0. The smallest absolute Gasteiger partial charge is 0.326 e. The molecule has 2 atom stereocenters. The second-order valence-corrected chi connectivity index (χ2v) is 4.55. The van der Waals surface area contributed by atoms with Gasteiger partial charge in [0, 0.05) is 18.8 Å². The fraction of sp³-hybridized carbons (Fsp3) is 0.800. The van der Waals surface area contributed by atoms with E-state index in [0.29, 0.717) is 0 Å². The molecular weight excluding hydrogens is 228 g/mol. The van der Waals surface area contributed by atoms with Gasteiger partial charge in [-0.05, 0) is 19.6 Å². The van der Waals surface area contributed by atoms with Gasteiger partial charge in [-0.1, -0.05) is 6.92 Å². The fourth-order valence-electron chi connectivity index (χ4n) is 1.08. The number of hydrogen-bond donors (Lipinski definition) is 2. The summed E-state index contributed by atoms with van der Waals surface area (Å²) in [6, 6.07) is -1.06. The van der Waals surface area contributed by atoms with Gasteiger partial charge in [0.2, 0.25) is 0 Å². The van der Waals surface area contributed by atoms with Crippen LogP contribution in [0.5, 0.6) is 0 Å². The van der Waals surface area contributed by atoms with Crippen molar-refractivity contribution in [3.05, 3.63) is 0 Å². The lowest BCUT2D eigenvalue weighted by Gasteiger charge is -2.25. The molecule has 2 N–H and O–H groups in total. The molecule has 0 bridgehead atoms. The molecule has 2 amide bonds. The molecule has 0 saturated carbocycles. The van der Waals surface area contributed by atoms with E-state index in [0.717, 1.165) is 12.2 Å². The Morgan fingerprint density at radius 3 is 2.44 bits per heavy atom. The summed E-state index contributed by atoms with van der Waals surface area (Å²) in [6.45, 7) is 3.47. The Bertz CT molecular complexity index is 248. The number of nitrogens with one attached hydrogen (secondary N) is 1. The summed E-state index contributed by atoms with van der Waals surface area (Å²) in [5.74, 6) is -0.173. The van der Waals surface area contributed by atoms with Gasteiger partial charge in [-0.2, -0.15) is 11.8 Å². The largest absolute Gasteiger partial charge is 0.480 e. The number of carboxylic acid groups (broad SMARTS) is 1. The van der Waals surface area contributed by atoms with Crippen LogP contribution < -0.4 is 5.32 Å². The maximum atomic E-state index is 11.7. The van der Waals surface area contributed by atoms with E-state index < -0.39 is 12.0 Å². The van der Waals surface area contributed by atoms with Crippen molar-refractivity contribution in [1.29, 1.82) is 0 Å². The van der Waals surface area contributed by atoms with Gasteiger partial charge in [0.25, 0.3) is 0 Å². The minimum absolute atomic E-state index is 0.0888. The summed E-state index contributed by atoms with van der Waals surface area (Å²) >= 11 is 1.65. The third-order valence-corrected chi connectivity index (χ3v) is 3.18. The van der Waals surface area contributed by atoms with Gasteiger partial charge in [-0.3, -0.25) is 0 Å². The highest BCUT2D eigenvalue weighted by Gasteiger charge is 2.22. The van der Waals surface area contributed by atoms with Gasteiger partial charge >= 0.3 is 12.0 Å². The Balaban J connectivity index is 4.27. The molecule has 0 aliphatic heterocycles. The van der Waals surface area contributed by atoms with Gasteiger partial charge in [0.1, 0.15) is 6.04 Å². The van der Waals surface area contributed by atoms with Gasteiger partial charge in [0.15, 0.2) is 0 Å². The van der Waals surface area contributed by atoms with E-state index in [9.17, 15) is 9.59 Å². The first-order chi connectivity index (χ1) is 7.43. The van der Waals surface area contributed by atoms with Crippen molar-refractivity contribution in [3.63, 3.8) is 0 Å². The predicted molar refractivity (Wildman–Crippen MR) is 65.9 cm³/mol. The van der Waals surface area contributed by atoms with Crippen LogP contribution in [0, 0.1) is 0 Å². The van der Waals surface area contributed by atoms with Gasteiger partial charge < -0.3 is 15.3 Å². The average molecular weight is 248 g/mol. The zero-order chi connectivity index (χ0) is 12.7. The number of thioether (sulfide) groups is 1. The minimum Gasteiger partial charge on any atom is -0.480 e. The summed E-state index contributed by atoms with van der Waals surface area (Å²) in [5, 5.41) is 11.6. The summed E-state index contributed by atoms with van der Waals surface area (Å²) in [4.78, 5) is 23.6. The third kappa shape index (κ3) is 4.74. The van der Waals surface area contributed by atoms with Crippen LogP contribution in [0.2, 0.25) is 0 Å². The molecule has 0 spiro atoms. The number of aliphatic carboxylic acids is 1. The van der Waals surface area contributed by atoms with Crippen LogP contribution in [0.15, 0.2) is 0 Å². The van der Waals surface area contributed by atoms with Gasteiger partial charge in [0.05, 0.1) is 0 Å². The number of carbonyl (C=O) groups excluding carboxylic acids is 1. The zero-order valence-electron chi connectivity index (χ0n) is 10.2. The van der Waals surface area contributed by atoms with E-state index in [1.807, 2.05) is 13.2 Å². The normalized spacial score (nSPS) is 14.0. The highest BCUT2D eigenvalue weighted by molar-refractivity contribution is 7.98. The molecular formula is C10H20N2O3S. The van der Waals surface area contributed by atoms with Gasteiger partial charge in [-0.15, -0.1) is 0 Å². The molecule has 0 heterocycles. The number of nitrogens with zero attached hydrogens (tertiary/aromatic N) is 1. The van der Waals surface area contributed by atoms with Crippen LogP contribution in [0.25, 0.3) is 0 Å². The van der Waals surface area contributed by atoms with E-state index in [4.69, 9.17) is 5.11 Å². The molecule has 94 valence electrons. The molecule has 0 aliphatic carbocycles. The Labute approximate surface area is 101 Å².